The minimum absolute atomic E-state index is 0.292. The number of rotatable bonds is 0. The van der Waals surface area contributed by atoms with E-state index in [0.717, 1.165) is 0 Å². The maximum Gasteiger partial charge on any atom is 0.189 e. The summed E-state index contributed by atoms with van der Waals surface area (Å²) in [4.78, 5) is 0. The van der Waals surface area contributed by atoms with Crippen molar-refractivity contribution in [1.82, 2.24) is 0 Å². The molecule has 9 heavy (non-hydrogen) atoms. The molecule has 0 aromatic rings. The van der Waals surface area contributed by atoms with Crippen LogP contribution in [0.15, 0.2) is 5.57 Å². The number of nitrogens with zero attached hydrogens (tertiary/aromatic N) is 2. The normalized spacial score (nSPS) is 4.44. The summed E-state index contributed by atoms with van der Waals surface area (Å²) in [7, 11) is 0. The zero-order valence-corrected chi connectivity index (χ0v) is 5.39. The third-order valence-corrected chi connectivity index (χ3v) is 0.349. The van der Waals surface area contributed by atoms with E-state index in [1.807, 2.05) is 13.8 Å². The fourth-order valence-corrected chi connectivity index (χ4v) is 0.0809. The Morgan fingerprint density at radius 3 is 1.56 bits per heavy atom. The molecule has 0 heterocycles. The molecule has 3 heteroatoms. The molecule has 0 spiro atoms. The summed E-state index contributed by atoms with van der Waals surface area (Å²) in [5.41, 5.74) is -0.292. The Hall–Kier alpha value is -1.57. The highest BCUT2D eigenvalue weighted by atomic mass is 14.3. The lowest BCUT2D eigenvalue weighted by atomic mass is 10.4. The van der Waals surface area contributed by atoms with Gasteiger partial charge in [0.2, 0.25) is 0 Å². The van der Waals surface area contributed by atoms with Gasteiger partial charge in [0, 0.05) is 5.87 Å². The van der Waals surface area contributed by atoms with E-state index in [2.05, 4.69) is 0 Å². The molecular weight excluding hydrogens is 114 g/mol. The zero-order chi connectivity index (χ0) is 7.70. The largest absolute Gasteiger partial charge is 0.257 e. The molecule has 46 valence electrons. The molecule has 0 saturated heterocycles. The first-order valence-electron chi connectivity index (χ1n) is 2.45. The Morgan fingerprint density at radius 1 is 1.22 bits per heavy atom. The second kappa shape index (κ2) is 9.66. The van der Waals surface area contributed by atoms with Crippen molar-refractivity contribution >= 4 is 5.87 Å². The van der Waals surface area contributed by atoms with Gasteiger partial charge in [-0.1, -0.05) is 13.8 Å². The van der Waals surface area contributed by atoms with Crippen molar-refractivity contribution in [1.29, 1.82) is 15.9 Å². The third-order valence-electron chi connectivity index (χ3n) is 0.349. The van der Waals surface area contributed by atoms with Gasteiger partial charge < -0.3 is 0 Å². The highest BCUT2D eigenvalue weighted by molar-refractivity contribution is 5.66. The van der Waals surface area contributed by atoms with Crippen molar-refractivity contribution < 1.29 is 0 Å². The molecule has 0 saturated carbocycles. The highest BCUT2D eigenvalue weighted by Gasteiger charge is 1.82. The Morgan fingerprint density at radius 2 is 1.56 bits per heavy atom. The molecule has 0 radical (unpaired) electrons. The Bertz CT molecular complexity index is 169. The standard InChI is InChI=1S/C4HN3.C2H6/c5-1-4(2-6)3-7;1-2/h5H;1-2H3. The van der Waals surface area contributed by atoms with Crippen LogP contribution in [-0.2, 0) is 0 Å². The minimum Gasteiger partial charge on any atom is -0.257 e. The van der Waals surface area contributed by atoms with E-state index < -0.39 is 0 Å². The van der Waals surface area contributed by atoms with E-state index in [9.17, 15) is 0 Å². The summed E-state index contributed by atoms with van der Waals surface area (Å²) in [6.07, 6.45) is 0. The van der Waals surface area contributed by atoms with E-state index in [-0.39, 0.29) is 5.57 Å². The van der Waals surface area contributed by atoms with Gasteiger partial charge >= 0.3 is 0 Å². The molecule has 0 aromatic carbocycles. The van der Waals surface area contributed by atoms with Crippen LogP contribution in [0.1, 0.15) is 13.8 Å². The third kappa shape index (κ3) is 6.43. The van der Waals surface area contributed by atoms with Crippen LogP contribution in [0, 0.1) is 28.1 Å². The van der Waals surface area contributed by atoms with Gasteiger partial charge in [0.15, 0.2) is 5.57 Å². The highest BCUT2D eigenvalue weighted by Crippen LogP contribution is 1.74. The smallest absolute Gasteiger partial charge is 0.189 e. The lowest BCUT2D eigenvalue weighted by molar-refractivity contribution is 1.47. The van der Waals surface area contributed by atoms with Crippen molar-refractivity contribution in [3.8, 4) is 12.1 Å². The lowest BCUT2D eigenvalue weighted by Gasteiger charge is -1.58. The van der Waals surface area contributed by atoms with Crippen molar-refractivity contribution in [2.24, 2.45) is 0 Å². The summed E-state index contributed by atoms with van der Waals surface area (Å²) in [6, 6.07) is 2.92. The van der Waals surface area contributed by atoms with Gasteiger partial charge in [-0.3, -0.25) is 5.41 Å². The second-order valence-corrected chi connectivity index (χ2v) is 0.724. The minimum atomic E-state index is -0.292. The summed E-state index contributed by atoms with van der Waals surface area (Å²) >= 11 is 0. The molecule has 0 atom stereocenters. The van der Waals surface area contributed by atoms with Crippen molar-refractivity contribution in [3.63, 3.8) is 0 Å². The van der Waals surface area contributed by atoms with Gasteiger partial charge in [0.05, 0.1) is 0 Å². The molecule has 0 aromatic heterocycles. The van der Waals surface area contributed by atoms with Gasteiger partial charge in [0.25, 0.3) is 0 Å². The number of nitrogens with one attached hydrogen (secondary N) is 1. The predicted octanol–water partition coefficient (Wildman–Crippen LogP) is 1.23. The lowest BCUT2D eigenvalue weighted by Crippen LogP contribution is -1.66. The monoisotopic (exact) mass is 121 g/mol. The SMILES string of the molecule is CC.N#CC(=C=N)C#N. The second-order valence-electron chi connectivity index (χ2n) is 0.724. The number of hydrogen-bond acceptors (Lipinski definition) is 3. The Balaban J connectivity index is 0. The maximum absolute atomic E-state index is 7.83. The van der Waals surface area contributed by atoms with E-state index in [0.29, 0.717) is 0 Å². The molecule has 0 unspecified atom stereocenters. The summed E-state index contributed by atoms with van der Waals surface area (Å²) < 4.78 is 0. The van der Waals surface area contributed by atoms with E-state index in [1.165, 1.54) is 12.1 Å². The van der Waals surface area contributed by atoms with Gasteiger partial charge in [0.1, 0.15) is 12.1 Å². The van der Waals surface area contributed by atoms with Crippen LogP contribution in [0.5, 0.6) is 0 Å². The number of nitriles is 2. The average Bonchev–Trinajstić information content (AvgIpc) is 1.96. The number of hydrogen-bond donors (Lipinski definition) is 1. The fraction of sp³-hybridized carbons (Fsp3) is 0.333. The van der Waals surface area contributed by atoms with E-state index in [4.69, 9.17) is 15.9 Å². The van der Waals surface area contributed by atoms with Gasteiger partial charge in [-0.2, -0.15) is 10.5 Å². The molecule has 0 aliphatic rings. The van der Waals surface area contributed by atoms with E-state index in [1.54, 1.807) is 5.87 Å². The topological polar surface area (TPSA) is 71.4 Å². The maximum atomic E-state index is 7.83. The molecule has 0 bridgehead atoms. The van der Waals surface area contributed by atoms with Gasteiger partial charge in [-0.15, -0.1) is 0 Å². The fourth-order valence-electron chi connectivity index (χ4n) is 0.0809. The van der Waals surface area contributed by atoms with Gasteiger partial charge in [-0.25, -0.2) is 0 Å². The quantitative estimate of drug-likeness (QED) is 0.386. The summed E-state index contributed by atoms with van der Waals surface area (Å²) in [5.74, 6) is 1.65. The van der Waals surface area contributed by atoms with Crippen molar-refractivity contribution in [2.45, 2.75) is 13.8 Å². The van der Waals surface area contributed by atoms with Crippen LogP contribution in [0.2, 0.25) is 0 Å². The Kier molecular flexibility index (Phi) is 11.2. The molecule has 3 nitrogen and oxygen atoms in total. The zero-order valence-electron chi connectivity index (χ0n) is 5.39. The molecular formula is C6H7N3. The first kappa shape index (κ1) is 10.4. The van der Waals surface area contributed by atoms with Crippen LogP contribution in [0.25, 0.3) is 0 Å². The van der Waals surface area contributed by atoms with Crippen LogP contribution >= 0.6 is 0 Å². The van der Waals surface area contributed by atoms with E-state index >= 15 is 0 Å². The molecule has 0 aliphatic carbocycles. The predicted molar refractivity (Wildman–Crippen MR) is 33.8 cm³/mol. The van der Waals surface area contributed by atoms with Crippen LogP contribution in [0.4, 0.5) is 0 Å². The molecule has 0 fully saturated rings. The van der Waals surface area contributed by atoms with Crippen molar-refractivity contribution in [3.05, 3.63) is 5.57 Å². The van der Waals surface area contributed by atoms with Crippen LogP contribution in [0.3, 0.4) is 0 Å². The molecule has 0 amide bonds. The Labute approximate surface area is 54.4 Å². The summed E-state index contributed by atoms with van der Waals surface area (Å²) in [6.45, 7) is 4.00. The average molecular weight is 121 g/mol. The number of allylic oxidation sites excluding steroid dienone is 1. The molecule has 1 N–H and O–H groups in total. The van der Waals surface area contributed by atoms with Gasteiger partial charge in [-0.05, 0) is 0 Å². The van der Waals surface area contributed by atoms with Crippen molar-refractivity contribution in [2.75, 3.05) is 0 Å². The molecule has 0 aliphatic heterocycles. The van der Waals surface area contributed by atoms with Crippen LogP contribution in [-0.4, -0.2) is 5.87 Å². The molecule has 0 rings (SSSR count). The first-order valence-corrected chi connectivity index (χ1v) is 2.45. The summed E-state index contributed by atoms with van der Waals surface area (Å²) in [5, 5.41) is 21.9. The first-order chi connectivity index (χ1) is 4.35. The van der Waals surface area contributed by atoms with Crippen LogP contribution < -0.4 is 0 Å².